The van der Waals surface area contributed by atoms with E-state index >= 15 is 0 Å². The van der Waals surface area contributed by atoms with Crippen molar-refractivity contribution in [1.29, 1.82) is 0 Å². The normalized spacial score (nSPS) is 12.8. The number of rotatable bonds is 4. The van der Waals surface area contributed by atoms with Crippen molar-refractivity contribution in [2.24, 2.45) is 0 Å². The lowest BCUT2D eigenvalue weighted by atomic mass is 10.1. The number of carbonyl (C=O) groups is 1. The highest BCUT2D eigenvalue weighted by Crippen LogP contribution is 2.18. The first-order chi connectivity index (χ1) is 11.5. The number of nitrogens with zero attached hydrogens (tertiary/aromatic N) is 2. The predicted octanol–water partition coefficient (Wildman–Crippen LogP) is 2.92. The molecule has 2 heterocycles. The first kappa shape index (κ1) is 15.9. The van der Waals surface area contributed by atoms with E-state index in [1.165, 1.54) is 25.3 Å². The monoisotopic (exact) mass is 345 g/mol. The van der Waals surface area contributed by atoms with Crippen LogP contribution in [0.25, 0.3) is 23.1 Å². The molecule has 0 radical (unpaired) electrons. The van der Waals surface area contributed by atoms with Crippen molar-refractivity contribution in [2.45, 2.75) is 12.8 Å². The van der Waals surface area contributed by atoms with Gasteiger partial charge in [0.05, 0.1) is 10.9 Å². The van der Waals surface area contributed by atoms with Crippen molar-refractivity contribution < 1.29 is 14.3 Å². The van der Waals surface area contributed by atoms with E-state index < -0.39 is 11.9 Å². The largest absolute Gasteiger partial charge is 0.481 e. The van der Waals surface area contributed by atoms with E-state index in [-0.39, 0.29) is 17.1 Å². The van der Waals surface area contributed by atoms with Gasteiger partial charge in [-0.15, -0.1) is 0 Å². The van der Waals surface area contributed by atoms with Crippen LogP contribution < -0.4 is 5.43 Å². The molecule has 122 valence electrons. The number of aliphatic carboxylic acids is 1. The Morgan fingerprint density at radius 2 is 2.21 bits per heavy atom. The third-order valence-corrected chi connectivity index (χ3v) is 3.71. The molecule has 2 N–H and O–H groups in total. The summed E-state index contributed by atoms with van der Waals surface area (Å²) in [5, 5.41) is 16.2. The average molecular weight is 346 g/mol. The van der Waals surface area contributed by atoms with Gasteiger partial charge in [-0.25, -0.2) is 4.98 Å². The Morgan fingerprint density at radius 3 is 2.96 bits per heavy atom. The van der Waals surface area contributed by atoms with Crippen molar-refractivity contribution in [3.63, 3.8) is 0 Å². The fourth-order valence-electron chi connectivity index (χ4n) is 2.07. The molecule has 0 spiro atoms. The maximum Gasteiger partial charge on any atom is 0.313 e. The van der Waals surface area contributed by atoms with Gasteiger partial charge in [0.1, 0.15) is 23.6 Å². The Balaban J connectivity index is 1.92. The molecule has 8 heteroatoms. The van der Waals surface area contributed by atoms with Crippen LogP contribution in [0, 0.1) is 0 Å². The second-order valence-corrected chi connectivity index (χ2v) is 5.57. The summed E-state index contributed by atoms with van der Waals surface area (Å²) in [5.41, 5.74) is 0.518. The average Bonchev–Trinajstić information content (AvgIpc) is 3.03. The molecule has 0 bridgehead atoms. The number of carboxylic acid groups (broad SMARTS) is 1. The van der Waals surface area contributed by atoms with Gasteiger partial charge in [-0.3, -0.25) is 14.7 Å². The molecule has 24 heavy (non-hydrogen) atoms. The highest BCUT2D eigenvalue weighted by Gasteiger charge is 2.17. The number of hydrogen-bond acceptors (Lipinski definition) is 5. The Kier molecular flexibility index (Phi) is 4.18. The highest BCUT2D eigenvalue weighted by atomic mass is 35.5. The number of nitrogens with one attached hydrogen (secondary N) is 1. The van der Waals surface area contributed by atoms with Crippen LogP contribution in [0.4, 0.5) is 0 Å². The molecular formula is C16H12ClN3O4. The lowest BCUT2D eigenvalue weighted by Gasteiger charge is -1.99. The molecule has 0 saturated heterocycles. The molecule has 2 aromatic heterocycles. The lowest BCUT2D eigenvalue weighted by molar-refractivity contribution is -0.138. The van der Waals surface area contributed by atoms with Crippen LogP contribution in [0.2, 0.25) is 5.02 Å². The second-order valence-electron chi connectivity index (χ2n) is 5.13. The zero-order chi connectivity index (χ0) is 17.3. The van der Waals surface area contributed by atoms with Crippen molar-refractivity contribution in [2.75, 3.05) is 0 Å². The molecule has 3 rings (SSSR count). The molecule has 0 amide bonds. The number of carboxylic acids is 1. The minimum absolute atomic E-state index is 0.232. The highest BCUT2D eigenvalue weighted by molar-refractivity contribution is 6.31. The van der Waals surface area contributed by atoms with Crippen molar-refractivity contribution in [1.82, 2.24) is 15.2 Å². The zero-order valence-corrected chi connectivity index (χ0v) is 13.2. The van der Waals surface area contributed by atoms with Gasteiger partial charge in [-0.05, 0) is 37.3 Å². The van der Waals surface area contributed by atoms with Gasteiger partial charge in [0.25, 0.3) is 0 Å². The summed E-state index contributed by atoms with van der Waals surface area (Å²) in [6.07, 6.45) is 4.34. The van der Waals surface area contributed by atoms with Crippen LogP contribution in [0.1, 0.15) is 30.1 Å². The van der Waals surface area contributed by atoms with Crippen LogP contribution >= 0.6 is 11.6 Å². The lowest BCUT2D eigenvalue weighted by Crippen LogP contribution is -2.09. The SMILES string of the molecule is CC(C(=O)O)c1nc(C=Cc2coc3ccc(Cl)cc3c2=O)n[nH]1. The number of hydrogen-bond donors (Lipinski definition) is 2. The van der Waals surface area contributed by atoms with Gasteiger partial charge < -0.3 is 9.52 Å². The third kappa shape index (κ3) is 3.07. The van der Waals surface area contributed by atoms with Crippen LogP contribution in [0.3, 0.4) is 0 Å². The van der Waals surface area contributed by atoms with E-state index in [0.717, 1.165) is 0 Å². The predicted molar refractivity (Wildman–Crippen MR) is 88.9 cm³/mol. The fraction of sp³-hybridized carbons (Fsp3) is 0.125. The van der Waals surface area contributed by atoms with Gasteiger partial charge in [-0.2, -0.15) is 5.10 Å². The van der Waals surface area contributed by atoms with Gasteiger partial charge >= 0.3 is 5.97 Å². The molecule has 1 atom stereocenters. The molecule has 0 aliphatic heterocycles. The molecule has 7 nitrogen and oxygen atoms in total. The Morgan fingerprint density at radius 1 is 1.42 bits per heavy atom. The number of aromatic nitrogens is 3. The van der Waals surface area contributed by atoms with E-state index in [4.69, 9.17) is 21.1 Å². The van der Waals surface area contributed by atoms with E-state index in [0.29, 0.717) is 21.6 Å². The maximum absolute atomic E-state index is 12.4. The molecule has 0 saturated carbocycles. The molecule has 0 fully saturated rings. The Bertz CT molecular complexity index is 1010. The molecule has 3 aromatic rings. The summed E-state index contributed by atoms with van der Waals surface area (Å²) < 4.78 is 5.41. The van der Waals surface area contributed by atoms with Gasteiger partial charge in [0.2, 0.25) is 0 Å². The van der Waals surface area contributed by atoms with Crippen molar-refractivity contribution >= 4 is 40.7 Å². The van der Waals surface area contributed by atoms with E-state index in [2.05, 4.69) is 15.2 Å². The van der Waals surface area contributed by atoms with Crippen LogP contribution in [-0.4, -0.2) is 26.3 Å². The van der Waals surface area contributed by atoms with Gasteiger partial charge in [-0.1, -0.05) is 11.6 Å². The summed E-state index contributed by atoms with van der Waals surface area (Å²) in [7, 11) is 0. The quantitative estimate of drug-likeness (QED) is 0.752. The smallest absolute Gasteiger partial charge is 0.313 e. The molecule has 1 aromatic carbocycles. The molecular weight excluding hydrogens is 334 g/mol. The van der Waals surface area contributed by atoms with Gasteiger partial charge in [0.15, 0.2) is 11.3 Å². The standard InChI is InChI=1S/C16H12ClN3O4/c1-8(16(22)23)15-18-13(19-20-15)5-2-9-7-24-12-4-3-10(17)6-11(12)14(9)21/h2-8H,1H3,(H,22,23)(H,18,19,20). The summed E-state index contributed by atoms with van der Waals surface area (Å²) in [5.74, 6) is -1.30. The topological polar surface area (TPSA) is 109 Å². The van der Waals surface area contributed by atoms with E-state index in [1.807, 2.05) is 0 Å². The minimum atomic E-state index is -1.01. The zero-order valence-electron chi connectivity index (χ0n) is 12.5. The molecule has 0 aliphatic carbocycles. The molecule has 0 aliphatic rings. The fourth-order valence-corrected chi connectivity index (χ4v) is 2.24. The van der Waals surface area contributed by atoms with Crippen LogP contribution in [-0.2, 0) is 4.79 Å². The minimum Gasteiger partial charge on any atom is -0.481 e. The Hall–Kier alpha value is -2.93. The summed E-state index contributed by atoms with van der Waals surface area (Å²) in [4.78, 5) is 27.4. The second kappa shape index (κ2) is 6.29. The summed E-state index contributed by atoms with van der Waals surface area (Å²) in [6, 6.07) is 4.81. The van der Waals surface area contributed by atoms with Crippen LogP contribution in [0.15, 0.2) is 33.7 Å². The maximum atomic E-state index is 12.4. The number of H-pyrrole nitrogens is 1. The number of benzene rings is 1. The number of halogens is 1. The summed E-state index contributed by atoms with van der Waals surface area (Å²) in [6.45, 7) is 1.50. The van der Waals surface area contributed by atoms with E-state index in [1.54, 1.807) is 18.2 Å². The van der Waals surface area contributed by atoms with Crippen LogP contribution in [0.5, 0.6) is 0 Å². The van der Waals surface area contributed by atoms with Gasteiger partial charge in [0, 0.05) is 5.02 Å². The van der Waals surface area contributed by atoms with Crippen molar-refractivity contribution in [3.8, 4) is 0 Å². The van der Waals surface area contributed by atoms with E-state index in [9.17, 15) is 9.59 Å². The number of aromatic amines is 1. The third-order valence-electron chi connectivity index (χ3n) is 3.47. The van der Waals surface area contributed by atoms with Crippen molar-refractivity contribution in [3.05, 3.63) is 56.9 Å². The number of fused-ring (bicyclic) bond motifs is 1. The molecule has 1 unspecified atom stereocenters. The Labute approximate surface area is 140 Å². The summed E-state index contributed by atoms with van der Waals surface area (Å²) >= 11 is 5.90. The first-order valence-electron chi connectivity index (χ1n) is 7.00. The first-order valence-corrected chi connectivity index (χ1v) is 7.38.